The van der Waals surface area contributed by atoms with Crippen LogP contribution in [0.15, 0.2) is 66.7 Å². The Kier molecular flexibility index (Phi) is 5.69. The maximum Gasteiger partial charge on any atom is 0.0234 e. The van der Waals surface area contributed by atoms with E-state index in [4.69, 9.17) is 0 Å². The second-order valence-electron chi connectivity index (χ2n) is 7.87. The van der Waals surface area contributed by atoms with Gasteiger partial charge in [0.1, 0.15) is 0 Å². The van der Waals surface area contributed by atoms with Gasteiger partial charge >= 0.3 is 0 Å². The van der Waals surface area contributed by atoms with Gasteiger partial charge in [-0.1, -0.05) is 73.2 Å². The van der Waals surface area contributed by atoms with Crippen LogP contribution in [-0.2, 0) is 19.4 Å². The zero-order valence-corrected chi connectivity index (χ0v) is 16.3. The second-order valence-corrected chi connectivity index (χ2v) is 7.87. The molecule has 1 aliphatic rings. The average Bonchev–Trinajstić information content (AvgIpc) is 2.93. The minimum Gasteiger partial charge on any atom is -0.298 e. The van der Waals surface area contributed by atoms with Crippen LogP contribution in [0.3, 0.4) is 0 Å². The maximum atomic E-state index is 2.45. The van der Waals surface area contributed by atoms with E-state index >= 15 is 0 Å². The third-order valence-electron chi connectivity index (χ3n) is 5.62. The molecule has 0 fully saturated rings. The summed E-state index contributed by atoms with van der Waals surface area (Å²) in [6.45, 7) is 1.97. The van der Waals surface area contributed by atoms with Crippen LogP contribution >= 0.6 is 0 Å². The van der Waals surface area contributed by atoms with Gasteiger partial charge in [0.05, 0.1) is 0 Å². The molecule has 3 aromatic carbocycles. The number of aryl methyl sites for hydroxylation is 2. The first-order chi connectivity index (χ1) is 13.3. The van der Waals surface area contributed by atoms with Crippen LogP contribution in [-0.4, -0.2) is 18.5 Å². The summed E-state index contributed by atoms with van der Waals surface area (Å²) in [7, 11) is 2.20. The van der Waals surface area contributed by atoms with Gasteiger partial charge in [0, 0.05) is 13.1 Å². The zero-order valence-electron chi connectivity index (χ0n) is 16.3. The van der Waals surface area contributed by atoms with Gasteiger partial charge in [-0.2, -0.15) is 0 Å². The van der Waals surface area contributed by atoms with E-state index < -0.39 is 0 Å². The molecule has 138 valence electrons. The van der Waals surface area contributed by atoms with E-state index in [2.05, 4.69) is 84.8 Å². The third-order valence-corrected chi connectivity index (χ3v) is 5.62. The molecule has 0 N–H and O–H groups in total. The monoisotopic (exact) mass is 355 g/mol. The molecule has 0 spiro atoms. The molecule has 1 aliphatic carbocycles. The predicted octanol–water partition coefficient (Wildman–Crippen LogP) is 6.25. The third kappa shape index (κ3) is 4.67. The molecule has 0 saturated heterocycles. The fourth-order valence-electron chi connectivity index (χ4n) is 4.12. The van der Waals surface area contributed by atoms with Crippen LogP contribution in [0, 0.1) is 0 Å². The van der Waals surface area contributed by atoms with Crippen LogP contribution in [0.25, 0.3) is 16.8 Å². The summed E-state index contributed by atoms with van der Waals surface area (Å²) in [5.41, 5.74) is 5.88. The highest BCUT2D eigenvalue weighted by molar-refractivity contribution is 5.84. The molecule has 27 heavy (non-hydrogen) atoms. The van der Waals surface area contributed by atoms with E-state index in [9.17, 15) is 0 Å². The molecule has 0 aliphatic heterocycles. The summed E-state index contributed by atoms with van der Waals surface area (Å²) in [4.78, 5) is 2.38. The molecule has 0 radical (unpaired) electrons. The summed E-state index contributed by atoms with van der Waals surface area (Å²) >= 11 is 0. The van der Waals surface area contributed by atoms with E-state index in [1.807, 2.05) is 0 Å². The molecule has 0 bridgehead atoms. The Balaban J connectivity index is 1.36. The van der Waals surface area contributed by atoms with E-state index in [-0.39, 0.29) is 0 Å². The van der Waals surface area contributed by atoms with Crippen molar-refractivity contribution in [3.63, 3.8) is 0 Å². The molecule has 0 saturated carbocycles. The number of rotatable bonds is 5. The summed E-state index contributed by atoms with van der Waals surface area (Å²) in [5.74, 6) is 0. The summed E-state index contributed by atoms with van der Waals surface area (Å²) in [6.07, 6.45) is 11.1. The van der Waals surface area contributed by atoms with Crippen LogP contribution in [0.1, 0.15) is 41.5 Å². The highest BCUT2D eigenvalue weighted by Gasteiger charge is 2.09. The largest absolute Gasteiger partial charge is 0.298 e. The Hall–Kier alpha value is -2.38. The van der Waals surface area contributed by atoms with E-state index in [0.29, 0.717) is 0 Å². The molecule has 0 heterocycles. The zero-order chi connectivity index (χ0) is 18.5. The summed E-state index contributed by atoms with van der Waals surface area (Å²) < 4.78 is 0. The minimum atomic E-state index is 0.962. The first-order valence-electron chi connectivity index (χ1n) is 10.2. The molecule has 0 unspecified atom stereocenters. The van der Waals surface area contributed by atoms with Crippen molar-refractivity contribution in [1.82, 2.24) is 4.90 Å². The molecule has 0 atom stereocenters. The van der Waals surface area contributed by atoms with Crippen LogP contribution in [0.4, 0.5) is 0 Å². The molecule has 4 rings (SSSR count). The standard InChI is InChI=1S/C26H29N/c1-27(20-22-14-16-23-9-3-2-4-11-26(23)19-22)17-7-8-21-13-15-24-10-5-6-12-25(24)18-21/h5-8,10,12-16,18-19H,2-4,9,11,17,20H2,1H3/b8-7+. The molecule has 0 aromatic heterocycles. The summed E-state index contributed by atoms with van der Waals surface area (Å²) in [5, 5.41) is 2.60. The average molecular weight is 356 g/mol. The van der Waals surface area contributed by atoms with Gasteiger partial charge in [0.25, 0.3) is 0 Å². The van der Waals surface area contributed by atoms with Gasteiger partial charge in [-0.05, 0) is 71.8 Å². The molecule has 0 amide bonds. The highest BCUT2D eigenvalue weighted by Crippen LogP contribution is 2.22. The van der Waals surface area contributed by atoms with Gasteiger partial charge in [-0.3, -0.25) is 4.90 Å². The normalized spacial score (nSPS) is 14.6. The Bertz CT molecular complexity index is 938. The van der Waals surface area contributed by atoms with Crippen molar-refractivity contribution in [3.05, 3.63) is 89.0 Å². The van der Waals surface area contributed by atoms with Crippen LogP contribution in [0.2, 0.25) is 0 Å². The van der Waals surface area contributed by atoms with Crippen LogP contribution in [0.5, 0.6) is 0 Å². The number of likely N-dealkylation sites (N-methyl/N-ethyl adjacent to an activating group) is 1. The smallest absolute Gasteiger partial charge is 0.0234 e. The van der Waals surface area contributed by atoms with Gasteiger partial charge in [0.15, 0.2) is 0 Å². The Morgan fingerprint density at radius 3 is 2.52 bits per heavy atom. The lowest BCUT2D eigenvalue weighted by molar-refractivity contribution is 0.364. The lowest BCUT2D eigenvalue weighted by atomic mass is 10.00. The number of nitrogens with zero attached hydrogens (tertiary/aromatic N) is 1. The molecule has 1 heteroatoms. The Morgan fingerprint density at radius 2 is 1.63 bits per heavy atom. The lowest BCUT2D eigenvalue weighted by Gasteiger charge is -2.16. The van der Waals surface area contributed by atoms with Crippen molar-refractivity contribution < 1.29 is 0 Å². The van der Waals surface area contributed by atoms with Crippen molar-refractivity contribution in [1.29, 1.82) is 0 Å². The molecular weight excluding hydrogens is 326 g/mol. The highest BCUT2D eigenvalue weighted by atomic mass is 15.1. The fraction of sp³-hybridized carbons (Fsp3) is 0.308. The van der Waals surface area contributed by atoms with Crippen molar-refractivity contribution in [2.45, 2.75) is 38.6 Å². The fourth-order valence-corrected chi connectivity index (χ4v) is 4.12. The number of fused-ring (bicyclic) bond motifs is 2. The minimum absolute atomic E-state index is 0.962. The van der Waals surface area contributed by atoms with Crippen molar-refractivity contribution in [3.8, 4) is 0 Å². The number of hydrogen-bond donors (Lipinski definition) is 0. The van der Waals surface area contributed by atoms with Crippen molar-refractivity contribution >= 4 is 16.8 Å². The molecular formula is C26H29N. The Morgan fingerprint density at radius 1 is 0.815 bits per heavy atom. The maximum absolute atomic E-state index is 2.45. The van der Waals surface area contributed by atoms with E-state index in [0.717, 1.165) is 13.1 Å². The van der Waals surface area contributed by atoms with Gasteiger partial charge in [-0.15, -0.1) is 0 Å². The number of hydrogen-bond acceptors (Lipinski definition) is 1. The molecule has 3 aromatic rings. The predicted molar refractivity (Wildman–Crippen MR) is 117 cm³/mol. The van der Waals surface area contributed by atoms with Crippen molar-refractivity contribution in [2.75, 3.05) is 13.6 Å². The lowest BCUT2D eigenvalue weighted by Crippen LogP contribution is -2.17. The van der Waals surface area contributed by atoms with Gasteiger partial charge in [0.2, 0.25) is 0 Å². The topological polar surface area (TPSA) is 3.24 Å². The Labute approximate surface area is 163 Å². The first-order valence-corrected chi connectivity index (χ1v) is 10.2. The van der Waals surface area contributed by atoms with Gasteiger partial charge in [-0.25, -0.2) is 0 Å². The second kappa shape index (κ2) is 8.54. The van der Waals surface area contributed by atoms with E-state index in [1.54, 1.807) is 11.1 Å². The number of benzene rings is 3. The first kappa shape index (κ1) is 18.0. The van der Waals surface area contributed by atoms with Gasteiger partial charge < -0.3 is 0 Å². The van der Waals surface area contributed by atoms with Crippen LogP contribution < -0.4 is 0 Å². The van der Waals surface area contributed by atoms with E-state index in [1.165, 1.54) is 54.0 Å². The SMILES string of the molecule is CN(C/C=C/c1ccc2ccccc2c1)Cc1ccc2c(c1)CCCCC2. The van der Waals surface area contributed by atoms with Crippen molar-refractivity contribution in [2.24, 2.45) is 0 Å². The quantitative estimate of drug-likeness (QED) is 0.489. The molecule has 1 nitrogen and oxygen atoms in total. The summed E-state index contributed by atoms with van der Waals surface area (Å²) in [6, 6.07) is 22.3.